The Labute approximate surface area is 115 Å². The summed E-state index contributed by atoms with van der Waals surface area (Å²) in [7, 11) is 0. The normalized spacial score (nSPS) is 20.6. The molecule has 0 aromatic heterocycles. The van der Waals surface area contributed by atoms with Gasteiger partial charge in [0.2, 0.25) is 0 Å². The van der Waals surface area contributed by atoms with E-state index in [0.717, 1.165) is 10.5 Å². The summed E-state index contributed by atoms with van der Waals surface area (Å²) in [5, 5.41) is 3.09. The van der Waals surface area contributed by atoms with E-state index in [9.17, 15) is 18.0 Å². The van der Waals surface area contributed by atoms with Gasteiger partial charge in [-0.05, 0) is 24.9 Å². The number of carbonyl (C=O) groups is 1. The van der Waals surface area contributed by atoms with Crippen LogP contribution < -0.4 is 5.32 Å². The van der Waals surface area contributed by atoms with Gasteiger partial charge in [0.05, 0.1) is 0 Å². The van der Waals surface area contributed by atoms with Gasteiger partial charge in [-0.15, -0.1) is 0 Å². The Morgan fingerprint density at radius 3 is 2.65 bits per heavy atom. The van der Waals surface area contributed by atoms with Crippen molar-refractivity contribution in [3.63, 3.8) is 0 Å². The van der Waals surface area contributed by atoms with Crippen molar-refractivity contribution in [1.82, 2.24) is 10.2 Å². The number of alkyl halides is 3. The van der Waals surface area contributed by atoms with Crippen molar-refractivity contribution in [2.75, 3.05) is 19.6 Å². The SMILES string of the molecule is O=C(N1CCCNCC1Cc1ccccc1)C(F)(F)F. The molecule has 20 heavy (non-hydrogen) atoms. The van der Waals surface area contributed by atoms with E-state index >= 15 is 0 Å². The number of carbonyl (C=O) groups excluding carboxylic acids is 1. The third-order valence-electron chi connectivity index (χ3n) is 3.39. The molecule has 1 saturated heterocycles. The number of amides is 1. The van der Waals surface area contributed by atoms with Crippen LogP contribution in [-0.2, 0) is 11.2 Å². The van der Waals surface area contributed by atoms with Crippen LogP contribution in [0.25, 0.3) is 0 Å². The maximum atomic E-state index is 12.7. The third kappa shape index (κ3) is 3.72. The van der Waals surface area contributed by atoms with Crippen molar-refractivity contribution >= 4 is 5.91 Å². The van der Waals surface area contributed by atoms with E-state index in [1.54, 1.807) is 0 Å². The lowest BCUT2D eigenvalue weighted by Gasteiger charge is -2.30. The van der Waals surface area contributed by atoms with Gasteiger partial charge in [-0.2, -0.15) is 13.2 Å². The zero-order valence-corrected chi connectivity index (χ0v) is 11.0. The average molecular weight is 286 g/mol. The standard InChI is InChI=1S/C14H17F3N2O/c15-14(16,17)13(20)19-8-4-7-18-10-12(19)9-11-5-2-1-3-6-11/h1-3,5-6,12,18H,4,7-10H2. The van der Waals surface area contributed by atoms with E-state index in [2.05, 4.69) is 5.32 Å². The second-order valence-corrected chi connectivity index (χ2v) is 4.90. The van der Waals surface area contributed by atoms with Crippen LogP contribution in [0.1, 0.15) is 12.0 Å². The molecule has 1 aliphatic heterocycles. The Morgan fingerprint density at radius 2 is 2.00 bits per heavy atom. The van der Waals surface area contributed by atoms with Crippen LogP contribution in [0.4, 0.5) is 13.2 Å². The van der Waals surface area contributed by atoms with Crippen LogP contribution in [0.2, 0.25) is 0 Å². The number of nitrogens with one attached hydrogen (secondary N) is 1. The summed E-state index contributed by atoms with van der Waals surface area (Å²) >= 11 is 0. The summed E-state index contributed by atoms with van der Waals surface area (Å²) < 4.78 is 38.0. The van der Waals surface area contributed by atoms with Gasteiger partial charge in [0.1, 0.15) is 0 Å². The van der Waals surface area contributed by atoms with Gasteiger partial charge < -0.3 is 10.2 Å². The summed E-state index contributed by atoms with van der Waals surface area (Å²) in [6.07, 6.45) is -3.85. The number of nitrogens with zero attached hydrogens (tertiary/aromatic N) is 1. The quantitative estimate of drug-likeness (QED) is 0.901. The second-order valence-electron chi connectivity index (χ2n) is 4.90. The van der Waals surface area contributed by atoms with E-state index in [4.69, 9.17) is 0 Å². The average Bonchev–Trinajstić information content (AvgIpc) is 2.63. The van der Waals surface area contributed by atoms with Gasteiger partial charge >= 0.3 is 12.1 Å². The fourth-order valence-corrected chi connectivity index (χ4v) is 2.43. The van der Waals surface area contributed by atoms with Gasteiger partial charge in [-0.3, -0.25) is 4.79 Å². The highest BCUT2D eigenvalue weighted by molar-refractivity contribution is 5.82. The van der Waals surface area contributed by atoms with Crippen LogP contribution in [0.3, 0.4) is 0 Å². The Morgan fingerprint density at radius 1 is 1.30 bits per heavy atom. The Bertz CT molecular complexity index is 447. The van der Waals surface area contributed by atoms with Gasteiger partial charge in [-0.1, -0.05) is 30.3 Å². The van der Waals surface area contributed by atoms with Gasteiger partial charge in [0, 0.05) is 19.1 Å². The van der Waals surface area contributed by atoms with E-state index in [0.29, 0.717) is 25.9 Å². The maximum Gasteiger partial charge on any atom is 0.471 e. The van der Waals surface area contributed by atoms with Crippen molar-refractivity contribution in [1.29, 1.82) is 0 Å². The van der Waals surface area contributed by atoms with Crippen LogP contribution in [-0.4, -0.2) is 42.7 Å². The zero-order valence-electron chi connectivity index (χ0n) is 11.0. The van der Waals surface area contributed by atoms with Crippen LogP contribution in [0.15, 0.2) is 30.3 Å². The predicted molar refractivity (Wildman–Crippen MR) is 69.2 cm³/mol. The van der Waals surface area contributed by atoms with Crippen molar-refractivity contribution in [2.24, 2.45) is 0 Å². The Balaban J connectivity index is 2.15. The molecule has 1 heterocycles. The molecule has 1 fully saturated rings. The highest BCUT2D eigenvalue weighted by atomic mass is 19.4. The third-order valence-corrected chi connectivity index (χ3v) is 3.39. The van der Waals surface area contributed by atoms with Crippen LogP contribution >= 0.6 is 0 Å². The monoisotopic (exact) mass is 286 g/mol. The first kappa shape index (κ1) is 14.8. The minimum atomic E-state index is -4.81. The van der Waals surface area contributed by atoms with Crippen LogP contribution in [0.5, 0.6) is 0 Å². The molecule has 1 N–H and O–H groups in total. The predicted octanol–water partition coefficient (Wildman–Crippen LogP) is 1.98. The fraction of sp³-hybridized carbons (Fsp3) is 0.500. The summed E-state index contributed by atoms with van der Waals surface area (Å²) in [6.45, 7) is 1.16. The second kappa shape index (κ2) is 6.26. The summed E-state index contributed by atoms with van der Waals surface area (Å²) in [5.74, 6) is -1.73. The van der Waals surface area contributed by atoms with Crippen molar-refractivity contribution in [3.8, 4) is 0 Å². The molecule has 0 radical (unpaired) electrons. The topological polar surface area (TPSA) is 32.3 Å². The number of benzene rings is 1. The van der Waals surface area contributed by atoms with Gasteiger partial charge in [0.25, 0.3) is 0 Å². The molecule has 1 atom stereocenters. The molecule has 1 unspecified atom stereocenters. The lowest BCUT2D eigenvalue weighted by Crippen LogP contribution is -2.50. The first-order valence-corrected chi connectivity index (χ1v) is 6.61. The molecule has 0 spiro atoms. The van der Waals surface area contributed by atoms with E-state index in [1.807, 2.05) is 30.3 Å². The molecular formula is C14H17F3N2O. The largest absolute Gasteiger partial charge is 0.471 e. The minimum absolute atomic E-state index is 0.142. The molecule has 1 amide bonds. The number of rotatable bonds is 2. The molecule has 0 bridgehead atoms. The first-order valence-electron chi connectivity index (χ1n) is 6.61. The summed E-state index contributed by atoms with van der Waals surface area (Å²) in [5.41, 5.74) is 0.932. The van der Waals surface area contributed by atoms with Crippen molar-refractivity contribution in [3.05, 3.63) is 35.9 Å². The maximum absolute atomic E-state index is 12.7. The number of hydrogen-bond acceptors (Lipinski definition) is 2. The number of hydrogen-bond donors (Lipinski definition) is 1. The Kier molecular flexibility index (Phi) is 4.65. The summed E-state index contributed by atoms with van der Waals surface area (Å²) in [4.78, 5) is 12.5. The van der Waals surface area contributed by atoms with E-state index in [1.165, 1.54) is 0 Å². The molecule has 0 saturated carbocycles. The number of halogens is 3. The molecule has 1 aliphatic rings. The van der Waals surface area contributed by atoms with Crippen LogP contribution in [0, 0.1) is 0 Å². The first-order chi connectivity index (χ1) is 9.48. The highest BCUT2D eigenvalue weighted by Gasteiger charge is 2.44. The lowest BCUT2D eigenvalue weighted by atomic mass is 10.0. The van der Waals surface area contributed by atoms with E-state index in [-0.39, 0.29) is 6.54 Å². The van der Waals surface area contributed by atoms with Crippen molar-refractivity contribution in [2.45, 2.75) is 25.1 Å². The minimum Gasteiger partial charge on any atom is -0.330 e. The molecule has 3 nitrogen and oxygen atoms in total. The Hall–Kier alpha value is -1.56. The molecule has 110 valence electrons. The smallest absolute Gasteiger partial charge is 0.330 e. The highest BCUT2D eigenvalue weighted by Crippen LogP contribution is 2.22. The molecular weight excluding hydrogens is 269 g/mol. The molecule has 0 aliphatic carbocycles. The molecule has 2 rings (SSSR count). The van der Waals surface area contributed by atoms with Gasteiger partial charge in [-0.25, -0.2) is 0 Å². The molecule has 6 heteroatoms. The van der Waals surface area contributed by atoms with Gasteiger partial charge in [0.15, 0.2) is 0 Å². The molecule has 1 aromatic rings. The summed E-state index contributed by atoms with van der Waals surface area (Å²) in [6, 6.07) is 8.80. The molecule has 1 aromatic carbocycles. The zero-order chi connectivity index (χ0) is 14.6. The lowest BCUT2D eigenvalue weighted by molar-refractivity contribution is -0.187. The fourth-order valence-electron chi connectivity index (χ4n) is 2.43. The van der Waals surface area contributed by atoms with Crippen molar-refractivity contribution < 1.29 is 18.0 Å². The van der Waals surface area contributed by atoms with E-state index < -0.39 is 18.1 Å².